The molecule has 1 atom stereocenters. The standard InChI is InChI=1S/C15H10O4/c1-7(16)18-10-3-2-4-11-13(10)12-8-5-9(6-8)14(17)15(12)19-11/h2-5,9H,6H2,1H3. The first-order valence-electron chi connectivity index (χ1n) is 6.14. The van der Waals surface area contributed by atoms with Crippen LogP contribution in [0.3, 0.4) is 0 Å². The van der Waals surface area contributed by atoms with Crippen LogP contribution >= 0.6 is 0 Å². The largest absolute Gasteiger partial charge is 0.452 e. The summed E-state index contributed by atoms with van der Waals surface area (Å²) in [7, 11) is 0. The molecule has 5 rings (SSSR count). The van der Waals surface area contributed by atoms with Crippen molar-refractivity contribution in [3.8, 4) is 5.75 Å². The van der Waals surface area contributed by atoms with Gasteiger partial charge in [0.2, 0.25) is 5.78 Å². The zero-order valence-corrected chi connectivity index (χ0v) is 10.2. The Bertz CT molecular complexity index is 779. The summed E-state index contributed by atoms with van der Waals surface area (Å²) in [6.45, 7) is 1.36. The van der Waals surface area contributed by atoms with Gasteiger partial charge in [-0.1, -0.05) is 12.1 Å². The van der Waals surface area contributed by atoms with Gasteiger partial charge in [0.15, 0.2) is 5.76 Å². The first kappa shape index (κ1) is 10.6. The molecule has 94 valence electrons. The summed E-state index contributed by atoms with van der Waals surface area (Å²) < 4.78 is 10.9. The van der Waals surface area contributed by atoms with Gasteiger partial charge >= 0.3 is 5.97 Å². The molecule has 4 heteroatoms. The Morgan fingerprint density at radius 3 is 2.95 bits per heavy atom. The minimum atomic E-state index is -0.384. The molecule has 0 spiro atoms. The number of ketones is 1. The topological polar surface area (TPSA) is 56.5 Å². The Morgan fingerprint density at radius 2 is 2.21 bits per heavy atom. The molecule has 0 aliphatic heterocycles. The van der Waals surface area contributed by atoms with Crippen molar-refractivity contribution < 1.29 is 18.7 Å². The van der Waals surface area contributed by atoms with Crippen molar-refractivity contribution in [3.05, 3.63) is 35.6 Å². The Morgan fingerprint density at radius 1 is 1.42 bits per heavy atom. The molecule has 0 N–H and O–H groups in total. The molecule has 1 heterocycles. The van der Waals surface area contributed by atoms with E-state index in [9.17, 15) is 9.59 Å². The van der Waals surface area contributed by atoms with Crippen molar-refractivity contribution in [2.75, 3.05) is 0 Å². The lowest BCUT2D eigenvalue weighted by molar-refractivity contribution is -0.131. The molecule has 0 saturated heterocycles. The molecule has 3 aliphatic rings. The van der Waals surface area contributed by atoms with Crippen LogP contribution in [0, 0.1) is 5.92 Å². The average Bonchev–Trinajstić information content (AvgIpc) is 2.68. The molecular weight excluding hydrogens is 244 g/mol. The first-order valence-corrected chi connectivity index (χ1v) is 6.14. The molecule has 1 aromatic carbocycles. The first-order chi connectivity index (χ1) is 9.15. The van der Waals surface area contributed by atoms with Crippen molar-refractivity contribution >= 4 is 28.3 Å². The van der Waals surface area contributed by atoms with Gasteiger partial charge < -0.3 is 9.15 Å². The molecule has 0 amide bonds. The maximum absolute atomic E-state index is 12.1. The zero-order valence-electron chi connectivity index (χ0n) is 10.2. The molecule has 19 heavy (non-hydrogen) atoms. The number of Topliss-reactive ketones (excluding diaryl/α,β-unsaturated/α-hetero) is 1. The minimum Gasteiger partial charge on any atom is -0.452 e. The van der Waals surface area contributed by atoms with Gasteiger partial charge in [-0.05, 0) is 24.1 Å². The van der Waals surface area contributed by atoms with Crippen LogP contribution in [0.1, 0.15) is 29.5 Å². The second kappa shape index (κ2) is 3.35. The third-order valence-corrected chi connectivity index (χ3v) is 3.65. The van der Waals surface area contributed by atoms with E-state index >= 15 is 0 Å². The van der Waals surface area contributed by atoms with Gasteiger partial charge in [-0.3, -0.25) is 9.59 Å². The number of furan rings is 1. The second-order valence-corrected chi connectivity index (χ2v) is 4.90. The van der Waals surface area contributed by atoms with E-state index in [2.05, 4.69) is 0 Å². The lowest BCUT2D eigenvalue weighted by atomic mass is 9.72. The summed E-state index contributed by atoms with van der Waals surface area (Å²) in [5.74, 6) is 0.470. The summed E-state index contributed by atoms with van der Waals surface area (Å²) in [5, 5.41) is 0.727. The Balaban J connectivity index is 2.05. The number of benzene rings is 1. The maximum atomic E-state index is 12.1. The number of allylic oxidation sites excluding steroid dienone is 2. The molecule has 2 bridgehead atoms. The van der Waals surface area contributed by atoms with Gasteiger partial charge in [0.05, 0.1) is 5.39 Å². The minimum absolute atomic E-state index is 0.0231. The monoisotopic (exact) mass is 254 g/mol. The summed E-state index contributed by atoms with van der Waals surface area (Å²) in [5.41, 5.74) is 2.50. The number of carbonyl (C=O) groups excluding carboxylic acids is 2. The van der Waals surface area contributed by atoms with Crippen LogP contribution in [-0.4, -0.2) is 11.8 Å². The highest BCUT2D eigenvalue weighted by molar-refractivity contribution is 6.15. The molecule has 4 nitrogen and oxygen atoms in total. The molecule has 0 fully saturated rings. The SMILES string of the molecule is CC(=O)Oc1cccc2oc3c(c12)C1=CC(C1)C3=O. The van der Waals surface area contributed by atoms with Crippen molar-refractivity contribution in [2.24, 2.45) is 5.92 Å². The van der Waals surface area contributed by atoms with E-state index in [0.717, 1.165) is 22.9 Å². The maximum Gasteiger partial charge on any atom is 0.308 e. The van der Waals surface area contributed by atoms with Crippen LogP contribution in [-0.2, 0) is 4.79 Å². The zero-order chi connectivity index (χ0) is 13.1. The van der Waals surface area contributed by atoms with Crippen molar-refractivity contribution in [2.45, 2.75) is 13.3 Å². The van der Waals surface area contributed by atoms with E-state index in [0.29, 0.717) is 17.1 Å². The predicted octanol–water partition coefficient (Wildman–Crippen LogP) is 2.96. The Labute approximate surface area is 108 Å². The van der Waals surface area contributed by atoms with E-state index in [1.807, 2.05) is 6.08 Å². The molecule has 0 saturated carbocycles. The highest BCUT2D eigenvalue weighted by atomic mass is 16.5. The fourth-order valence-electron chi connectivity index (χ4n) is 2.81. The van der Waals surface area contributed by atoms with E-state index in [-0.39, 0.29) is 17.7 Å². The molecule has 2 aromatic rings. The van der Waals surface area contributed by atoms with E-state index in [4.69, 9.17) is 9.15 Å². The summed E-state index contributed by atoms with van der Waals surface area (Å²) in [4.78, 5) is 23.3. The second-order valence-electron chi connectivity index (χ2n) is 4.90. The smallest absolute Gasteiger partial charge is 0.308 e. The van der Waals surface area contributed by atoms with E-state index in [1.54, 1.807) is 18.2 Å². The summed E-state index contributed by atoms with van der Waals surface area (Å²) in [6, 6.07) is 5.25. The third-order valence-electron chi connectivity index (χ3n) is 3.65. The third kappa shape index (κ3) is 1.28. The Hall–Kier alpha value is -2.36. The number of esters is 1. The van der Waals surface area contributed by atoms with Crippen molar-refractivity contribution in [1.29, 1.82) is 0 Å². The highest BCUT2D eigenvalue weighted by Crippen LogP contribution is 2.49. The normalized spacial score (nSPS) is 19.7. The fraction of sp³-hybridized carbons (Fsp3) is 0.200. The summed E-state index contributed by atoms with van der Waals surface area (Å²) >= 11 is 0. The molecule has 3 aliphatic carbocycles. The van der Waals surface area contributed by atoms with Gasteiger partial charge in [-0.15, -0.1) is 0 Å². The van der Waals surface area contributed by atoms with E-state index in [1.165, 1.54) is 6.92 Å². The van der Waals surface area contributed by atoms with Crippen LogP contribution < -0.4 is 4.74 Å². The number of carbonyl (C=O) groups is 2. The van der Waals surface area contributed by atoms with Gasteiger partial charge in [0.1, 0.15) is 11.3 Å². The fourth-order valence-corrected chi connectivity index (χ4v) is 2.81. The van der Waals surface area contributed by atoms with Crippen LogP contribution in [0.4, 0.5) is 0 Å². The van der Waals surface area contributed by atoms with Crippen molar-refractivity contribution in [3.63, 3.8) is 0 Å². The quantitative estimate of drug-likeness (QED) is 0.580. The van der Waals surface area contributed by atoms with Crippen LogP contribution in [0.25, 0.3) is 16.5 Å². The van der Waals surface area contributed by atoms with Crippen LogP contribution in [0.15, 0.2) is 28.7 Å². The van der Waals surface area contributed by atoms with Crippen LogP contribution in [0.5, 0.6) is 5.75 Å². The molecule has 1 aromatic heterocycles. The summed E-state index contributed by atoms with van der Waals surface area (Å²) in [6.07, 6.45) is 2.72. The van der Waals surface area contributed by atoms with E-state index < -0.39 is 0 Å². The molecule has 1 unspecified atom stereocenters. The number of rotatable bonds is 1. The lowest BCUT2D eigenvalue weighted by Gasteiger charge is -2.29. The Kier molecular flexibility index (Phi) is 1.86. The predicted molar refractivity (Wildman–Crippen MR) is 67.9 cm³/mol. The number of fused-ring (bicyclic) bond motifs is 1. The lowest BCUT2D eigenvalue weighted by Crippen LogP contribution is -2.26. The number of ether oxygens (including phenoxy) is 1. The van der Waals surface area contributed by atoms with Gasteiger partial charge in [0, 0.05) is 18.4 Å². The van der Waals surface area contributed by atoms with Gasteiger partial charge in [0.25, 0.3) is 0 Å². The van der Waals surface area contributed by atoms with Gasteiger partial charge in [-0.25, -0.2) is 0 Å². The molecule has 0 radical (unpaired) electrons. The van der Waals surface area contributed by atoms with Crippen molar-refractivity contribution in [1.82, 2.24) is 0 Å². The number of hydrogen-bond donors (Lipinski definition) is 0. The van der Waals surface area contributed by atoms with Crippen LogP contribution in [0.2, 0.25) is 0 Å². The van der Waals surface area contributed by atoms with Gasteiger partial charge in [-0.2, -0.15) is 0 Å². The molecular formula is C15H10O4. The average molecular weight is 254 g/mol. The highest BCUT2D eigenvalue weighted by Gasteiger charge is 2.41. The number of hydrogen-bond acceptors (Lipinski definition) is 4.